The van der Waals surface area contributed by atoms with Gasteiger partial charge in [-0.25, -0.2) is 0 Å². The highest BCUT2D eigenvalue weighted by atomic mass is 16.2. The van der Waals surface area contributed by atoms with Gasteiger partial charge in [0.05, 0.1) is 0 Å². The second kappa shape index (κ2) is 5.32. The maximum absolute atomic E-state index is 11.3. The van der Waals surface area contributed by atoms with Crippen LogP contribution in [0.4, 0.5) is 0 Å². The predicted molar refractivity (Wildman–Crippen MR) is 57.0 cm³/mol. The van der Waals surface area contributed by atoms with Crippen molar-refractivity contribution >= 4 is 5.91 Å². The molecule has 1 saturated heterocycles. The number of likely N-dealkylation sites (tertiary alicyclic amines) is 1. The summed E-state index contributed by atoms with van der Waals surface area (Å²) in [5, 5.41) is 0. The fraction of sp³-hybridized carbons (Fsp3) is 0.900. The average Bonchev–Trinajstić information content (AvgIpc) is 2.54. The van der Waals surface area contributed by atoms with Crippen molar-refractivity contribution in [3.63, 3.8) is 0 Å². The summed E-state index contributed by atoms with van der Waals surface area (Å²) in [7, 11) is 0. The molecule has 1 heterocycles. The van der Waals surface area contributed by atoms with Crippen molar-refractivity contribution in [3.8, 4) is 0 Å². The van der Waals surface area contributed by atoms with E-state index in [0.29, 0.717) is 12.6 Å². The van der Waals surface area contributed by atoms with Gasteiger partial charge in [-0.1, -0.05) is 0 Å². The summed E-state index contributed by atoms with van der Waals surface area (Å²) in [4.78, 5) is 15.6. The van der Waals surface area contributed by atoms with Crippen molar-refractivity contribution in [2.75, 3.05) is 32.7 Å². The lowest BCUT2D eigenvalue weighted by Crippen LogP contribution is -2.41. The van der Waals surface area contributed by atoms with Crippen molar-refractivity contribution in [2.24, 2.45) is 5.73 Å². The molecule has 1 amide bonds. The Balaban J connectivity index is 2.43. The van der Waals surface area contributed by atoms with E-state index in [-0.39, 0.29) is 5.91 Å². The summed E-state index contributed by atoms with van der Waals surface area (Å²) in [6, 6.07) is 0.407. The van der Waals surface area contributed by atoms with Crippen LogP contribution >= 0.6 is 0 Å². The van der Waals surface area contributed by atoms with Crippen LogP contribution in [0, 0.1) is 0 Å². The molecule has 0 aliphatic carbocycles. The van der Waals surface area contributed by atoms with Crippen LogP contribution in [0.3, 0.4) is 0 Å². The Morgan fingerprint density at radius 3 is 2.86 bits per heavy atom. The van der Waals surface area contributed by atoms with Crippen molar-refractivity contribution in [3.05, 3.63) is 0 Å². The zero-order valence-electron chi connectivity index (χ0n) is 9.20. The van der Waals surface area contributed by atoms with E-state index >= 15 is 0 Å². The van der Waals surface area contributed by atoms with Crippen molar-refractivity contribution in [1.82, 2.24) is 9.80 Å². The first-order valence-electron chi connectivity index (χ1n) is 5.38. The van der Waals surface area contributed by atoms with Crippen molar-refractivity contribution < 1.29 is 4.79 Å². The highest BCUT2D eigenvalue weighted by Gasteiger charge is 2.27. The summed E-state index contributed by atoms with van der Waals surface area (Å²) in [5.41, 5.74) is 5.50. The number of nitrogens with zero attached hydrogens (tertiary/aromatic N) is 2. The van der Waals surface area contributed by atoms with Gasteiger partial charge in [-0.15, -0.1) is 0 Å². The minimum Gasteiger partial charge on any atom is -0.339 e. The molecule has 0 spiro atoms. The lowest BCUT2D eigenvalue weighted by molar-refractivity contribution is -0.130. The Kier molecular flexibility index (Phi) is 4.35. The quantitative estimate of drug-likeness (QED) is 0.687. The Morgan fingerprint density at radius 1 is 1.64 bits per heavy atom. The zero-order valence-corrected chi connectivity index (χ0v) is 9.20. The summed E-state index contributed by atoms with van der Waals surface area (Å²) < 4.78 is 0. The topological polar surface area (TPSA) is 49.6 Å². The molecular formula is C10H21N3O. The van der Waals surface area contributed by atoms with Gasteiger partial charge in [-0.05, 0) is 13.3 Å². The van der Waals surface area contributed by atoms with E-state index in [4.69, 9.17) is 5.73 Å². The van der Waals surface area contributed by atoms with Gasteiger partial charge in [-0.2, -0.15) is 0 Å². The SMILES string of the molecule is CCN(C(C)=O)[C@H]1CCN(CCN)C1. The lowest BCUT2D eigenvalue weighted by Gasteiger charge is -2.26. The van der Waals surface area contributed by atoms with Crippen molar-refractivity contribution in [2.45, 2.75) is 26.3 Å². The van der Waals surface area contributed by atoms with E-state index < -0.39 is 0 Å². The molecule has 0 unspecified atom stereocenters. The Morgan fingerprint density at radius 2 is 2.36 bits per heavy atom. The van der Waals surface area contributed by atoms with E-state index in [9.17, 15) is 4.79 Å². The van der Waals surface area contributed by atoms with Gasteiger partial charge in [0.1, 0.15) is 0 Å². The van der Waals surface area contributed by atoms with Gasteiger partial charge in [0.25, 0.3) is 0 Å². The highest BCUT2D eigenvalue weighted by Crippen LogP contribution is 2.14. The van der Waals surface area contributed by atoms with Gasteiger partial charge in [0.15, 0.2) is 0 Å². The molecule has 0 bridgehead atoms. The summed E-state index contributed by atoms with van der Waals surface area (Å²) in [5.74, 6) is 0.187. The molecule has 4 heteroatoms. The fourth-order valence-electron chi connectivity index (χ4n) is 2.19. The van der Waals surface area contributed by atoms with Crippen LogP contribution in [0.1, 0.15) is 20.3 Å². The van der Waals surface area contributed by atoms with E-state index in [1.807, 2.05) is 11.8 Å². The normalized spacial score (nSPS) is 22.6. The van der Waals surface area contributed by atoms with Gasteiger partial charge >= 0.3 is 0 Å². The third kappa shape index (κ3) is 2.69. The number of nitrogens with two attached hydrogens (primary N) is 1. The molecule has 0 aromatic heterocycles. The van der Waals surface area contributed by atoms with Crippen LogP contribution in [0.5, 0.6) is 0 Å². The molecule has 0 aromatic rings. The molecule has 0 radical (unpaired) electrons. The molecule has 1 atom stereocenters. The number of carbonyl (C=O) groups is 1. The van der Waals surface area contributed by atoms with Gasteiger partial charge in [0, 0.05) is 45.7 Å². The van der Waals surface area contributed by atoms with E-state index in [2.05, 4.69) is 4.90 Å². The van der Waals surface area contributed by atoms with Crippen LogP contribution in [0.15, 0.2) is 0 Å². The Hall–Kier alpha value is -0.610. The van der Waals surface area contributed by atoms with Gasteiger partial charge < -0.3 is 10.6 Å². The maximum atomic E-state index is 11.3. The molecule has 0 aromatic carbocycles. The molecule has 0 saturated carbocycles. The minimum atomic E-state index is 0.187. The smallest absolute Gasteiger partial charge is 0.219 e. The van der Waals surface area contributed by atoms with Crippen molar-refractivity contribution in [1.29, 1.82) is 0 Å². The standard InChI is InChI=1S/C10H21N3O/c1-3-13(9(2)14)10-4-6-12(8-10)7-5-11/h10H,3-8,11H2,1-2H3/t10-/m0/s1. The second-order valence-corrected chi connectivity index (χ2v) is 3.84. The van der Waals surface area contributed by atoms with Crippen LogP contribution in [0.25, 0.3) is 0 Å². The lowest BCUT2D eigenvalue weighted by atomic mass is 10.2. The van der Waals surface area contributed by atoms with E-state index in [1.54, 1.807) is 6.92 Å². The largest absolute Gasteiger partial charge is 0.339 e. The fourth-order valence-corrected chi connectivity index (χ4v) is 2.19. The molecule has 1 rings (SSSR count). The molecule has 1 aliphatic heterocycles. The molecule has 1 aliphatic rings. The first kappa shape index (κ1) is 11.5. The number of rotatable bonds is 4. The van der Waals surface area contributed by atoms with E-state index in [0.717, 1.165) is 32.6 Å². The molecule has 14 heavy (non-hydrogen) atoms. The number of hydrogen-bond acceptors (Lipinski definition) is 3. The molecule has 1 fully saturated rings. The summed E-state index contributed by atoms with van der Waals surface area (Å²) in [6.07, 6.45) is 1.09. The number of likely N-dealkylation sites (N-methyl/N-ethyl adjacent to an activating group) is 1. The summed E-state index contributed by atoms with van der Waals surface area (Å²) >= 11 is 0. The van der Waals surface area contributed by atoms with Crippen LogP contribution in [-0.2, 0) is 4.79 Å². The highest BCUT2D eigenvalue weighted by molar-refractivity contribution is 5.73. The molecule has 82 valence electrons. The monoisotopic (exact) mass is 199 g/mol. The average molecular weight is 199 g/mol. The third-order valence-electron chi connectivity index (χ3n) is 2.88. The van der Waals surface area contributed by atoms with Crippen LogP contribution in [-0.4, -0.2) is 54.5 Å². The van der Waals surface area contributed by atoms with Gasteiger partial charge in [0.2, 0.25) is 5.91 Å². The number of hydrogen-bond donors (Lipinski definition) is 1. The Labute approximate surface area is 86.0 Å². The van der Waals surface area contributed by atoms with Crippen LogP contribution < -0.4 is 5.73 Å². The third-order valence-corrected chi connectivity index (χ3v) is 2.88. The first-order valence-corrected chi connectivity index (χ1v) is 5.38. The second-order valence-electron chi connectivity index (χ2n) is 3.84. The first-order chi connectivity index (χ1) is 6.69. The predicted octanol–water partition coefficient (Wildman–Crippen LogP) is -0.112. The Bertz CT molecular complexity index is 196. The summed E-state index contributed by atoms with van der Waals surface area (Å²) in [6.45, 7) is 8.22. The molecule has 4 nitrogen and oxygen atoms in total. The van der Waals surface area contributed by atoms with Gasteiger partial charge in [-0.3, -0.25) is 9.69 Å². The number of amides is 1. The zero-order chi connectivity index (χ0) is 10.6. The van der Waals surface area contributed by atoms with Crippen LogP contribution in [0.2, 0.25) is 0 Å². The molecular weight excluding hydrogens is 178 g/mol. The minimum absolute atomic E-state index is 0.187. The maximum Gasteiger partial charge on any atom is 0.219 e. The van der Waals surface area contributed by atoms with E-state index in [1.165, 1.54) is 0 Å². The molecule has 2 N–H and O–H groups in total. The number of carbonyl (C=O) groups excluding carboxylic acids is 1.